The number of nitrogens with zero attached hydrogens (tertiary/aromatic N) is 2. The number of rotatable bonds is 9. The lowest BCUT2D eigenvalue weighted by molar-refractivity contribution is 0.142. The topological polar surface area (TPSA) is 64.7 Å². The Balaban J connectivity index is 1.51. The molecular weight excluding hydrogens is 338 g/mol. The van der Waals surface area contributed by atoms with Gasteiger partial charge in [-0.3, -0.25) is 9.89 Å². The molecular formula is C21H33N5O. The first-order valence-corrected chi connectivity index (χ1v) is 10.1. The van der Waals surface area contributed by atoms with Crippen molar-refractivity contribution in [2.45, 2.75) is 32.2 Å². The van der Waals surface area contributed by atoms with E-state index in [0.717, 1.165) is 51.7 Å². The predicted molar refractivity (Wildman–Crippen MR) is 112 cm³/mol. The largest absolute Gasteiger partial charge is 0.383 e. The van der Waals surface area contributed by atoms with Gasteiger partial charge in [0.05, 0.1) is 13.2 Å². The number of methoxy groups -OCH3 is 1. The van der Waals surface area contributed by atoms with Crippen LogP contribution < -0.4 is 10.6 Å². The Bertz CT molecular complexity index is 726. The number of fused-ring (bicyclic) bond motifs is 1. The molecule has 1 atom stereocenters. The fourth-order valence-electron chi connectivity index (χ4n) is 3.80. The minimum absolute atomic E-state index is 0.532. The zero-order valence-electron chi connectivity index (χ0n) is 16.6. The van der Waals surface area contributed by atoms with Gasteiger partial charge in [-0.05, 0) is 44.4 Å². The molecule has 1 aromatic heterocycles. The zero-order chi connectivity index (χ0) is 18.9. The molecule has 2 heterocycles. The number of para-hydroxylation sites is 1. The van der Waals surface area contributed by atoms with E-state index in [9.17, 15) is 0 Å². The number of aromatic nitrogens is 1. The van der Waals surface area contributed by atoms with E-state index in [1.807, 2.05) is 0 Å². The average molecular weight is 372 g/mol. The quantitative estimate of drug-likeness (QED) is 0.468. The van der Waals surface area contributed by atoms with E-state index in [1.165, 1.54) is 29.3 Å². The van der Waals surface area contributed by atoms with E-state index in [2.05, 4.69) is 57.9 Å². The number of benzene rings is 1. The van der Waals surface area contributed by atoms with Crippen LogP contribution in [-0.4, -0.2) is 68.3 Å². The lowest BCUT2D eigenvalue weighted by atomic mass is 10.1. The van der Waals surface area contributed by atoms with Crippen LogP contribution in [0.3, 0.4) is 0 Å². The number of aromatic amines is 1. The van der Waals surface area contributed by atoms with Crippen LogP contribution in [0.1, 0.15) is 25.3 Å². The van der Waals surface area contributed by atoms with Crippen LogP contribution in [0, 0.1) is 0 Å². The van der Waals surface area contributed by atoms with Gasteiger partial charge in [0.25, 0.3) is 0 Å². The smallest absolute Gasteiger partial charge is 0.191 e. The molecule has 27 heavy (non-hydrogen) atoms. The van der Waals surface area contributed by atoms with Crippen LogP contribution in [-0.2, 0) is 11.2 Å². The van der Waals surface area contributed by atoms with E-state index in [0.29, 0.717) is 6.04 Å². The molecule has 0 amide bonds. The maximum Gasteiger partial charge on any atom is 0.191 e. The van der Waals surface area contributed by atoms with Gasteiger partial charge in [0.15, 0.2) is 5.96 Å². The second-order valence-electron chi connectivity index (χ2n) is 7.08. The van der Waals surface area contributed by atoms with Crippen molar-refractivity contribution in [2.24, 2.45) is 4.99 Å². The summed E-state index contributed by atoms with van der Waals surface area (Å²) in [5, 5.41) is 8.16. The summed E-state index contributed by atoms with van der Waals surface area (Å²) < 4.78 is 5.23. The summed E-state index contributed by atoms with van der Waals surface area (Å²) in [6.45, 7) is 7.64. The second kappa shape index (κ2) is 10.3. The average Bonchev–Trinajstić information content (AvgIpc) is 3.31. The number of guanidine groups is 1. The minimum Gasteiger partial charge on any atom is -0.383 e. The Morgan fingerprint density at radius 2 is 2.22 bits per heavy atom. The number of H-pyrrole nitrogens is 1. The Kier molecular flexibility index (Phi) is 7.54. The summed E-state index contributed by atoms with van der Waals surface area (Å²) in [5.41, 5.74) is 2.54. The lowest BCUT2D eigenvalue weighted by Gasteiger charge is -2.23. The number of ether oxygens (including phenoxy) is 1. The van der Waals surface area contributed by atoms with Gasteiger partial charge in [-0.1, -0.05) is 18.2 Å². The third-order valence-electron chi connectivity index (χ3n) is 5.25. The van der Waals surface area contributed by atoms with Gasteiger partial charge in [0, 0.05) is 49.9 Å². The third kappa shape index (κ3) is 5.47. The maximum absolute atomic E-state index is 5.23. The Labute approximate surface area is 162 Å². The molecule has 6 nitrogen and oxygen atoms in total. The molecule has 1 aliphatic heterocycles. The Hall–Kier alpha value is -2.05. The highest BCUT2D eigenvalue weighted by atomic mass is 16.5. The SMILES string of the molecule is CCNC(=NCC1CCCN1CCOC)NCCc1c[nH]c2ccccc12. The number of nitrogens with one attached hydrogen (secondary N) is 3. The van der Waals surface area contributed by atoms with Crippen LogP contribution in [0.5, 0.6) is 0 Å². The van der Waals surface area contributed by atoms with Gasteiger partial charge in [0.1, 0.15) is 0 Å². The van der Waals surface area contributed by atoms with Crippen LogP contribution in [0.2, 0.25) is 0 Å². The van der Waals surface area contributed by atoms with Gasteiger partial charge < -0.3 is 20.4 Å². The van der Waals surface area contributed by atoms with Crippen LogP contribution in [0.4, 0.5) is 0 Å². The van der Waals surface area contributed by atoms with Crippen molar-refractivity contribution in [3.05, 3.63) is 36.0 Å². The van der Waals surface area contributed by atoms with Crippen molar-refractivity contribution in [3.8, 4) is 0 Å². The van der Waals surface area contributed by atoms with E-state index in [-0.39, 0.29) is 0 Å². The van der Waals surface area contributed by atoms with Gasteiger partial charge >= 0.3 is 0 Å². The predicted octanol–water partition coefficient (Wildman–Crippen LogP) is 2.38. The molecule has 1 unspecified atom stereocenters. The van der Waals surface area contributed by atoms with E-state index < -0.39 is 0 Å². The molecule has 0 bridgehead atoms. The molecule has 0 spiro atoms. The second-order valence-corrected chi connectivity index (χ2v) is 7.08. The first-order valence-electron chi connectivity index (χ1n) is 10.1. The standard InChI is InChI=1S/C21H33N5O/c1-3-22-21(25-16-18-7-6-12-26(18)13-14-27-2)23-11-10-17-15-24-20-9-5-4-8-19(17)20/h4-5,8-9,15,18,24H,3,6-7,10-14,16H2,1-2H3,(H2,22,23,25). The summed E-state index contributed by atoms with van der Waals surface area (Å²) in [6.07, 6.45) is 5.57. The first kappa shape index (κ1) is 19.7. The van der Waals surface area contributed by atoms with Crippen molar-refractivity contribution in [1.29, 1.82) is 0 Å². The molecule has 3 N–H and O–H groups in total. The number of aliphatic imine (C=N–C) groups is 1. The minimum atomic E-state index is 0.532. The van der Waals surface area contributed by atoms with E-state index >= 15 is 0 Å². The van der Waals surface area contributed by atoms with Crippen molar-refractivity contribution in [1.82, 2.24) is 20.5 Å². The fourth-order valence-corrected chi connectivity index (χ4v) is 3.80. The lowest BCUT2D eigenvalue weighted by Crippen LogP contribution is -2.40. The normalized spacial score (nSPS) is 18.3. The van der Waals surface area contributed by atoms with Crippen LogP contribution >= 0.6 is 0 Å². The Morgan fingerprint density at radius 3 is 3.07 bits per heavy atom. The van der Waals surface area contributed by atoms with Crippen molar-refractivity contribution >= 4 is 16.9 Å². The summed E-state index contributed by atoms with van der Waals surface area (Å²) in [5.74, 6) is 0.913. The van der Waals surface area contributed by atoms with Crippen molar-refractivity contribution in [3.63, 3.8) is 0 Å². The highest BCUT2D eigenvalue weighted by molar-refractivity contribution is 5.83. The molecule has 1 fully saturated rings. The maximum atomic E-state index is 5.23. The molecule has 3 rings (SSSR count). The highest BCUT2D eigenvalue weighted by Gasteiger charge is 2.23. The fraction of sp³-hybridized carbons (Fsp3) is 0.571. The molecule has 0 saturated carbocycles. The molecule has 1 saturated heterocycles. The summed E-state index contributed by atoms with van der Waals surface area (Å²) in [6, 6.07) is 8.99. The first-order chi connectivity index (χ1) is 13.3. The molecule has 1 aliphatic rings. The number of hydrogen-bond acceptors (Lipinski definition) is 3. The van der Waals surface area contributed by atoms with Gasteiger partial charge in [-0.25, -0.2) is 0 Å². The monoisotopic (exact) mass is 371 g/mol. The van der Waals surface area contributed by atoms with E-state index in [4.69, 9.17) is 9.73 Å². The third-order valence-corrected chi connectivity index (χ3v) is 5.25. The molecule has 1 aromatic carbocycles. The van der Waals surface area contributed by atoms with Gasteiger partial charge in [-0.15, -0.1) is 0 Å². The summed E-state index contributed by atoms with van der Waals surface area (Å²) >= 11 is 0. The molecule has 2 aromatic rings. The molecule has 148 valence electrons. The number of hydrogen-bond donors (Lipinski definition) is 3. The number of likely N-dealkylation sites (tertiary alicyclic amines) is 1. The molecule has 6 heteroatoms. The molecule has 0 aliphatic carbocycles. The zero-order valence-corrected chi connectivity index (χ0v) is 16.6. The van der Waals surface area contributed by atoms with Crippen molar-refractivity contribution < 1.29 is 4.74 Å². The van der Waals surface area contributed by atoms with Gasteiger partial charge in [0.2, 0.25) is 0 Å². The highest BCUT2D eigenvalue weighted by Crippen LogP contribution is 2.18. The van der Waals surface area contributed by atoms with Crippen LogP contribution in [0.15, 0.2) is 35.5 Å². The summed E-state index contributed by atoms with van der Waals surface area (Å²) in [7, 11) is 1.77. The van der Waals surface area contributed by atoms with Gasteiger partial charge in [-0.2, -0.15) is 0 Å². The summed E-state index contributed by atoms with van der Waals surface area (Å²) in [4.78, 5) is 10.7. The molecule has 0 radical (unpaired) electrons. The van der Waals surface area contributed by atoms with Crippen LogP contribution in [0.25, 0.3) is 10.9 Å². The van der Waals surface area contributed by atoms with Crippen molar-refractivity contribution in [2.75, 3.05) is 46.4 Å². The Morgan fingerprint density at radius 1 is 1.33 bits per heavy atom. The van der Waals surface area contributed by atoms with E-state index in [1.54, 1.807) is 7.11 Å².